The van der Waals surface area contributed by atoms with E-state index in [1.165, 1.54) is 6.42 Å². The Balaban J connectivity index is 1.95. The van der Waals surface area contributed by atoms with Gasteiger partial charge in [0, 0.05) is 0 Å². The number of rotatable bonds is 4. The SMILES string of the molecule is CC(O)c1cccc(OCC2(O)CCCCC2)c1. The Labute approximate surface area is 108 Å². The van der Waals surface area contributed by atoms with Crippen LogP contribution in [0, 0.1) is 0 Å². The summed E-state index contributed by atoms with van der Waals surface area (Å²) < 4.78 is 5.68. The lowest BCUT2D eigenvalue weighted by Gasteiger charge is -2.31. The number of aliphatic hydroxyl groups excluding tert-OH is 1. The monoisotopic (exact) mass is 250 g/mol. The van der Waals surface area contributed by atoms with Crippen molar-refractivity contribution >= 4 is 0 Å². The van der Waals surface area contributed by atoms with Crippen LogP contribution < -0.4 is 4.74 Å². The molecule has 0 bridgehead atoms. The molecule has 0 saturated heterocycles. The Bertz CT molecular complexity index is 381. The van der Waals surface area contributed by atoms with Gasteiger partial charge in [-0.25, -0.2) is 0 Å². The smallest absolute Gasteiger partial charge is 0.119 e. The highest BCUT2D eigenvalue weighted by molar-refractivity contribution is 5.29. The fraction of sp³-hybridized carbons (Fsp3) is 0.600. The van der Waals surface area contributed by atoms with Crippen LogP contribution in [0.2, 0.25) is 0 Å². The van der Waals surface area contributed by atoms with E-state index in [1.807, 2.05) is 24.3 Å². The maximum Gasteiger partial charge on any atom is 0.119 e. The molecule has 0 radical (unpaired) electrons. The Morgan fingerprint density at radius 3 is 2.67 bits per heavy atom. The van der Waals surface area contributed by atoms with E-state index in [0.29, 0.717) is 12.4 Å². The standard InChI is InChI=1S/C15H22O3/c1-12(16)13-6-5-7-14(10-13)18-11-15(17)8-3-2-4-9-15/h5-7,10,12,16-17H,2-4,8-9,11H2,1H3. The summed E-state index contributed by atoms with van der Waals surface area (Å²) in [7, 11) is 0. The van der Waals surface area contributed by atoms with Crippen LogP contribution in [0.15, 0.2) is 24.3 Å². The van der Waals surface area contributed by atoms with E-state index in [-0.39, 0.29) is 0 Å². The van der Waals surface area contributed by atoms with Crippen molar-refractivity contribution in [3.8, 4) is 5.75 Å². The van der Waals surface area contributed by atoms with Crippen LogP contribution >= 0.6 is 0 Å². The molecule has 100 valence electrons. The van der Waals surface area contributed by atoms with Crippen molar-refractivity contribution in [1.82, 2.24) is 0 Å². The van der Waals surface area contributed by atoms with E-state index in [0.717, 1.165) is 31.2 Å². The predicted molar refractivity (Wildman–Crippen MR) is 70.6 cm³/mol. The lowest BCUT2D eigenvalue weighted by molar-refractivity contribution is -0.0339. The van der Waals surface area contributed by atoms with Crippen LogP contribution in [0.4, 0.5) is 0 Å². The first-order chi connectivity index (χ1) is 8.59. The molecule has 3 nitrogen and oxygen atoms in total. The third kappa shape index (κ3) is 3.47. The summed E-state index contributed by atoms with van der Waals surface area (Å²) in [6, 6.07) is 7.42. The second-order valence-corrected chi connectivity index (χ2v) is 5.32. The number of hydrogen-bond donors (Lipinski definition) is 2. The van der Waals surface area contributed by atoms with Gasteiger partial charge in [-0.05, 0) is 37.5 Å². The van der Waals surface area contributed by atoms with Crippen molar-refractivity contribution in [2.24, 2.45) is 0 Å². The molecular weight excluding hydrogens is 228 g/mol. The number of aliphatic hydroxyl groups is 2. The molecule has 0 spiro atoms. The highest BCUT2D eigenvalue weighted by Gasteiger charge is 2.29. The van der Waals surface area contributed by atoms with Gasteiger partial charge in [0.05, 0.1) is 11.7 Å². The molecule has 2 rings (SSSR count). The minimum absolute atomic E-state index is 0.344. The van der Waals surface area contributed by atoms with Gasteiger partial charge in [-0.3, -0.25) is 0 Å². The van der Waals surface area contributed by atoms with Crippen LogP contribution in [0.25, 0.3) is 0 Å². The summed E-state index contributed by atoms with van der Waals surface area (Å²) in [5.74, 6) is 0.715. The Hall–Kier alpha value is -1.06. The molecule has 1 aliphatic rings. The van der Waals surface area contributed by atoms with Crippen molar-refractivity contribution < 1.29 is 14.9 Å². The van der Waals surface area contributed by atoms with Crippen LogP contribution in [0.3, 0.4) is 0 Å². The van der Waals surface area contributed by atoms with Gasteiger partial charge in [0.25, 0.3) is 0 Å². The molecule has 0 aliphatic heterocycles. The van der Waals surface area contributed by atoms with Gasteiger partial charge in [0.1, 0.15) is 12.4 Å². The van der Waals surface area contributed by atoms with E-state index in [4.69, 9.17) is 4.74 Å². The lowest BCUT2D eigenvalue weighted by atomic mass is 9.85. The van der Waals surface area contributed by atoms with E-state index >= 15 is 0 Å². The first-order valence-electron chi connectivity index (χ1n) is 6.72. The fourth-order valence-electron chi connectivity index (χ4n) is 2.44. The summed E-state index contributed by atoms with van der Waals surface area (Å²) in [5.41, 5.74) is 0.169. The van der Waals surface area contributed by atoms with Gasteiger partial charge in [-0.2, -0.15) is 0 Å². The van der Waals surface area contributed by atoms with Gasteiger partial charge in [0.2, 0.25) is 0 Å². The fourth-order valence-corrected chi connectivity index (χ4v) is 2.44. The Morgan fingerprint density at radius 1 is 1.28 bits per heavy atom. The Morgan fingerprint density at radius 2 is 2.00 bits per heavy atom. The molecular formula is C15H22O3. The van der Waals surface area contributed by atoms with E-state index < -0.39 is 11.7 Å². The first-order valence-corrected chi connectivity index (χ1v) is 6.72. The molecule has 3 heteroatoms. The molecule has 2 N–H and O–H groups in total. The van der Waals surface area contributed by atoms with Gasteiger partial charge in [-0.1, -0.05) is 31.4 Å². The van der Waals surface area contributed by atoms with Gasteiger partial charge >= 0.3 is 0 Å². The van der Waals surface area contributed by atoms with Crippen molar-refractivity contribution in [2.75, 3.05) is 6.61 Å². The third-order valence-electron chi connectivity index (χ3n) is 3.63. The van der Waals surface area contributed by atoms with Crippen molar-refractivity contribution in [1.29, 1.82) is 0 Å². The minimum Gasteiger partial charge on any atom is -0.491 e. The quantitative estimate of drug-likeness (QED) is 0.864. The molecule has 1 aliphatic carbocycles. The zero-order valence-electron chi connectivity index (χ0n) is 10.9. The Kier molecular flexibility index (Phi) is 4.25. The van der Waals surface area contributed by atoms with Crippen LogP contribution in [-0.4, -0.2) is 22.4 Å². The van der Waals surface area contributed by atoms with Gasteiger partial charge < -0.3 is 14.9 Å². The summed E-state index contributed by atoms with van der Waals surface area (Å²) in [6.45, 7) is 2.07. The molecule has 0 amide bonds. The summed E-state index contributed by atoms with van der Waals surface area (Å²) in [6.07, 6.45) is 4.51. The van der Waals surface area contributed by atoms with E-state index in [2.05, 4.69) is 0 Å². The molecule has 1 atom stereocenters. The molecule has 0 heterocycles. The molecule has 1 aromatic carbocycles. The average molecular weight is 250 g/mol. The second-order valence-electron chi connectivity index (χ2n) is 5.32. The first kappa shape index (κ1) is 13.4. The maximum atomic E-state index is 10.3. The van der Waals surface area contributed by atoms with Crippen LogP contribution in [-0.2, 0) is 0 Å². The molecule has 0 aromatic heterocycles. The van der Waals surface area contributed by atoms with Crippen molar-refractivity contribution in [3.05, 3.63) is 29.8 Å². The molecule has 1 aromatic rings. The highest BCUT2D eigenvalue weighted by Crippen LogP contribution is 2.29. The normalized spacial score (nSPS) is 20.4. The van der Waals surface area contributed by atoms with Crippen molar-refractivity contribution in [2.45, 2.75) is 50.7 Å². The largest absolute Gasteiger partial charge is 0.491 e. The maximum absolute atomic E-state index is 10.3. The average Bonchev–Trinajstić information content (AvgIpc) is 2.38. The minimum atomic E-state index is -0.668. The zero-order chi connectivity index (χ0) is 13.0. The van der Waals surface area contributed by atoms with E-state index in [1.54, 1.807) is 6.92 Å². The lowest BCUT2D eigenvalue weighted by Crippen LogP contribution is -2.37. The summed E-state index contributed by atoms with van der Waals surface area (Å²) in [4.78, 5) is 0. The van der Waals surface area contributed by atoms with Gasteiger partial charge in [-0.15, -0.1) is 0 Å². The number of ether oxygens (including phenoxy) is 1. The molecule has 1 saturated carbocycles. The second kappa shape index (κ2) is 5.72. The highest BCUT2D eigenvalue weighted by atomic mass is 16.5. The number of hydrogen-bond acceptors (Lipinski definition) is 3. The molecule has 18 heavy (non-hydrogen) atoms. The zero-order valence-corrected chi connectivity index (χ0v) is 10.9. The number of benzene rings is 1. The summed E-state index contributed by atoms with van der Waals surface area (Å²) >= 11 is 0. The third-order valence-corrected chi connectivity index (χ3v) is 3.63. The van der Waals surface area contributed by atoms with Crippen molar-refractivity contribution in [3.63, 3.8) is 0 Å². The van der Waals surface area contributed by atoms with E-state index in [9.17, 15) is 10.2 Å². The topological polar surface area (TPSA) is 49.7 Å². The van der Waals surface area contributed by atoms with Gasteiger partial charge in [0.15, 0.2) is 0 Å². The molecule has 1 unspecified atom stereocenters. The van der Waals surface area contributed by atoms with Crippen LogP contribution in [0.1, 0.15) is 50.7 Å². The summed E-state index contributed by atoms with van der Waals surface area (Å²) in [5, 5.41) is 19.8. The molecule has 1 fully saturated rings. The predicted octanol–water partition coefficient (Wildman–Crippen LogP) is 2.81. The van der Waals surface area contributed by atoms with Crippen LogP contribution in [0.5, 0.6) is 5.75 Å².